The van der Waals surface area contributed by atoms with Gasteiger partial charge in [0, 0.05) is 36.9 Å². The van der Waals surface area contributed by atoms with E-state index in [-0.39, 0.29) is 35.8 Å². The van der Waals surface area contributed by atoms with Crippen molar-refractivity contribution in [1.29, 1.82) is 0 Å². The number of hydrogen-bond donors (Lipinski definition) is 1. The highest BCUT2D eigenvalue weighted by Gasteiger charge is 2.31. The number of amides is 2. The molecule has 0 fully saturated rings. The summed E-state index contributed by atoms with van der Waals surface area (Å²) in [6.45, 7) is 4.10. The number of nitrogens with zero attached hydrogens (tertiary/aromatic N) is 2. The van der Waals surface area contributed by atoms with E-state index in [9.17, 15) is 19.7 Å². The van der Waals surface area contributed by atoms with Gasteiger partial charge in [0.1, 0.15) is 6.04 Å². The van der Waals surface area contributed by atoms with E-state index in [1.807, 2.05) is 44.2 Å². The van der Waals surface area contributed by atoms with Crippen LogP contribution in [-0.2, 0) is 28.3 Å². The monoisotopic (exact) mass is 587 g/mol. The lowest BCUT2D eigenvalue weighted by Crippen LogP contribution is -2.52. The third-order valence-electron chi connectivity index (χ3n) is 6.25. The maximum absolute atomic E-state index is 13.7. The molecule has 2 amide bonds. The topological polar surface area (TPSA) is 92.6 Å². The molecule has 7 nitrogen and oxygen atoms in total. The van der Waals surface area contributed by atoms with Gasteiger partial charge in [-0.2, -0.15) is 0 Å². The van der Waals surface area contributed by atoms with Crippen LogP contribution in [0.2, 0.25) is 10.0 Å². The highest BCUT2D eigenvalue weighted by atomic mass is 35.5. The largest absolute Gasteiger partial charge is 0.352 e. The van der Waals surface area contributed by atoms with Crippen LogP contribution in [0.15, 0.2) is 72.8 Å². The first-order valence-electron chi connectivity index (χ1n) is 12.6. The predicted octanol–water partition coefficient (Wildman–Crippen LogP) is 6.69. The average molecular weight is 589 g/mol. The van der Waals surface area contributed by atoms with Gasteiger partial charge in [-0.1, -0.05) is 78.7 Å². The summed E-state index contributed by atoms with van der Waals surface area (Å²) in [6, 6.07) is 20.2. The van der Waals surface area contributed by atoms with Crippen LogP contribution in [0.3, 0.4) is 0 Å². The van der Waals surface area contributed by atoms with Gasteiger partial charge in [-0.15, -0.1) is 11.8 Å². The van der Waals surface area contributed by atoms with Gasteiger partial charge in [-0.3, -0.25) is 19.7 Å². The van der Waals surface area contributed by atoms with Crippen LogP contribution in [0.4, 0.5) is 5.69 Å². The number of nitrogens with one attached hydrogen (secondary N) is 1. The number of nitro groups is 1. The van der Waals surface area contributed by atoms with Crippen LogP contribution in [0, 0.1) is 10.1 Å². The fraction of sp³-hybridized carbons (Fsp3) is 0.310. The quantitative estimate of drug-likeness (QED) is 0.177. The Bertz CT molecular complexity index is 1280. The van der Waals surface area contributed by atoms with E-state index >= 15 is 0 Å². The van der Waals surface area contributed by atoms with Crippen LogP contribution < -0.4 is 5.32 Å². The third kappa shape index (κ3) is 9.27. The highest BCUT2D eigenvalue weighted by molar-refractivity contribution is 7.99. The van der Waals surface area contributed by atoms with Crippen LogP contribution in [-0.4, -0.2) is 39.5 Å². The smallest absolute Gasteiger partial charge is 0.269 e. The summed E-state index contributed by atoms with van der Waals surface area (Å²) < 4.78 is 0. The third-order valence-corrected chi connectivity index (χ3v) is 7.98. The van der Waals surface area contributed by atoms with Crippen LogP contribution in [0.5, 0.6) is 0 Å². The van der Waals surface area contributed by atoms with Gasteiger partial charge in [-0.05, 0) is 42.2 Å². The summed E-state index contributed by atoms with van der Waals surface area (Å²) in [5, 5.41) is 14.7. The Balaban J connectivity index is 1.85. The highest BCUT2D eigenvalue weighted by Crippen LogP contribution is 2.25. The molecule has 0 aliphatic carbocycles. The van der Waals surface area contributed by atoms with E-state index in [0.29, 0.717) is 22.2 Å². The molecular weight excluding hydrogens is 557 g/mol. The van der Waals surface area contributed by atoms with Gasteiger partial charge in [0.15, 0.2) is 0 Å². The fourth-order valence-electron chi connectivity index (χ4n) is 3.88. The SMILES string of the molecule is CC[C@@H](C)NC(=O)[C@@H](Cc1ccccc1)N(Cc1ccc(Cl)c(Cl)c1)C(=O)CSCc1ccc([N+](=O)[O-])cc1. The van der Waals surface area contributed by atoms with Crippen LogP contribution in [0.25, 0.3) is 0 Å². The van der Waals surface area contributed by atoms with E-state index < -0.39 is 11.0 Å². The maximum atomic E-state index is 13.7. The van der Waals surface area contributed by atoms with Gasteiger partial charge in [-0.25, -0.2) is 0 Å². The standard InChI is InChI=1S/C29H31Cl2N3O4S/c1-3-20(2)32-29(36)27(16-21-7-5-4-6-8-21)33(17-23-11-14-25(30)26(31)15-23)28(35)19-39-18-22-9-12-24(13-10-22)34(37)38/h4-15,20,27H,3,16-19H2,1-2H3,(H,32,36)/t20-,27-/m1/s1. The van der Waals surface area contributed by atoms with Gasteiger partial charge in [0.2, 0.25) is 11.8 Å². The van der Waals surface area contributed by atoms with Crippen molar-refractivity contribution in [3.8, 4) is 0 Å². The Hall–Kier alpha value is -3.07. The Morgan fingerprint density at radius 2 is 1.64 bits per heavy atom. The number of hydrogen-bond acceptors (Lipinski definition) is 5. The lowest BCUT2D eigenvalue weighted by Gasteiger charge is -2.32. The molecule has 0 saturated heterocycles. The average Bonchev–Trinajstić information content (AvgIpc) is 2.93. The number of rotatable bonds is 13. The first kappa shape index (κ1) is 30.5. The molecule has 206 valence electrons. The number of halogens is 2. The van der Waals surface area contributed by atoms with E-state index in [1.54, 1.807) is 35.2 Å². The van der Waals surface area contributed by atoms with Crippen molar-refractivity contribution in [1.82, 2.24) is 10.2 Å². The number of thioether (sulfide) groups is 1. The molecular formula is C29H31Cl2N3O4S. The number of benzene rings is 3. The Labute approximate surface area is 243 Å². The first-order chi connectivity index (χ1) is 18.7. The molecule has 10 heteroatoms. The van der Waals surface area contributed by atoms with E-state index in [1.165, 1.54) is 23.9 Å². The Morgan fingerprint density at radius 3 is 2.26 bits per heavy atom. The minimum Gasteiger partial charge on any atom is -0.352 e. The number of carbonyl (C=O) groups excluding carboxylic acids is 2. The zero-order chi connectivity index (χ0) is 28.4. The fourth-order valence-corrected chi connectivity index (χ4v) is 5.07. The normalized spacial score (nSPS) is 12.4. The number of carbonyl (C=O) groups is 2. The maximum Gasteiger partial charge on any atom is 0.269 e. The van der Waals surface area contributed by atoms with Crippen molar-refractivity contribution in [2.75, 3.05) is 5.75 Å². The molecule has 0 bridgehead atoms. The van der Waals surface area contributed by atoms with Crippen molar-refractivity contribution in [2.45, 2.75) is 51.1 Å². The van der Waals surface area contributed by atoms with E-state index in [4.69, 9.17) is 23.2 Å². The predicted molar refractivity (Wildman–Crippen MR) is 158 cm³/mol. The zero-order valence-electron chi connectivity index (χ0n) is 21.8. The van der Waals surface area contributed by atoms with Gasteiger partial charge in [0.25, 0.3) is 5.69 Å². The lowest BCUT2D eigenvalue weighted by molar-refractivity contribution is -0.384. The van der Waals surface area contributed by atoms with Crippen molar-refractivity contribution in [3.63, 3.8) is 0 Å². The molecule has 39 heavy (non-hydrogen) atoms. The van der Waals surface area contributed by atoms with Crippen molar-refractivity contribution in [2.24, 2.45) is 0 Å². The Kier molecular flexibility index (Phi) is 11.7. The van der Waals surface area contributed by atoms with E-state index in [0.717, 1.165) is 23.1 Å². The molecule has 0 spiro atoms. The summed E-state index contributed by atoms with van der Waals surface area (Å²) in [4.78, 5) is 39.3. The molecule has 2 atom stereocenters. The lowest BCUT2D eigenvalue weighted by atomic mass is 10.0. The molecule has 0 saturated carbocycles. The number of non-ortho nitro benzene ring substituents is 1. The van der Waals surface area contributed by atoms with Gasteiger partial charge in [0.05, 0.1) is 20.7 Å². The van der Waals surface area contributed by atoms with Crippen molar-refractivity contribution >= 4 is 52.5 Å². The molecule has 0 radical (unpaired) electrons. The molecule has 1 N–H and O–H groups in total. The van der Waals surface area contributed by atoms with Crippen LogP contribution in [0.1, 0.15) is 37.0 Å². The number of nitro benzene ring substituents is 1. The molecule has 0 aromatic heterocycles. The molecule has 0 heterocycles. The minimum atomic E-state index is -0.747. The molecule has 0 unspecified atom stereocenters. The minimum absolute atomic E-state index is 0.0173. The summed E-state index contributed by atoms with van der Waals surface area (Å²) in [5.41, 5.74) is 2.58. The summed E-state index contributed by atoms with van der Waals surface area (Å²) >= 11 is 13.8. The molecule has 3 aromatic carbocycles. The summed E-state index contributed by atoms with van der Waals surface area (Å²) in [6.07, 6.45) is 1.11. The second kappa shape index (κ2) is 14.9. The summed E-state index contributed by atoms with van der Waals surface area (Å²) in [7, 11) is 0. The van der Waals surface area contributed by atoms with Crippen LogP contribution >= 0.6 is 35.0 Å². The molecule has 0 aliphatic rings. The summed E-state index contributed by atoms with van der Waals surface area (Å²) in [5.74, 6) is 0.197. The van der Waals surface area contributed by atoms with Gasteiger partial charge >= 0.3 is 0 Å². The second-order valence-corrected chi connectivity index (χ2v) is 11.0. The molecule has 3 aromatic rings. The Morgan fingerprint density at radius 1 is 0.974 bits per heavy atom. The zero-order valence-corrected chi connectivity index (χ0v) is 24.1. The van der Waals surface area contributed by atoms with Crippen molar-refractivity contribution in [3.05, 3.63) is 110 Å². The van der Waals surface area contributed by atoms with Gasteiger partial charge < -0.3 is 10.2 Å². The first-order valence-corrected chi connectivity index (χ1v) is 14.5. The van der Waals surface area contributed by atoms with Crippen molar-refractivity contribution < 1.29 is 14.5 Å². The molecule has 0 aliphatic heterocycles. The molecule has 3 rings (SSSR count). The second-order valence-electron chi connectivity index (χ2n) is 9.21. The van der Waals surface area contributed by atoms with E-state index in [2.05, 4.69) is 5.32 Å².